The Morgan fingerprint density at radius 3 is 2.50 bits per heavy atom. The minimum Gasteiger partial charge on any atom is -0.383 e. The van der Waals surface area contributed by atoms with Crippen LogP contribution in [0.4, 0.5) is 16.0 Å². The summed E-state index contributed by atoms with van der Waals surface area (Å²) in [5, 5.41) is 9.22. The molecule has 0 aliphatic carbocycles. The van der Waals surface area contributed by atoms with Gasteiger partial charge in [-0.25, -0.2) is 29.3 Å². The van der Waals surface area contributed by atoms with Crippen LogP contribution in [0, 0.1) is 17.1 Å². The third-order valence-electron chi connectivity index (χ3n) is 8.23. The van der Waals surface area contributed by atoms with Gasteiger partial charge in [-0.05, 0) is 85.1 Å². The van der Waals surface area contributed by atoms with Crippen molar-refractivity contribution in [1.82, 2.24) is 34.4 Å². The van der Waals surface area contributed by atoms with Crippen molar-refractivity contribution in [1.29, 1.82) is 5.26 Å². The van der Waals surface area contributed by atoms with Crippen LogP contribution in [0.5, 0.6) is 0 Å². The monoisotopic (exact) mass is 613 g/mol. The number of halogens is 1. The Bertz CT molecular complexity index is 2150. The summed E-state index contributed by atoms with van der Waals surface area (Å²) in [7, 11) is 0. The average Bonchev–Trinajstić information content (AvgIpc) is 3.48. The van der Waals surface area contributed by atoms with E-state index in [0.717, 1.165) is 16.8 Å². The molecule has 1 fully saturated rings. The van der Waals surface area contributed by atoms with Gasteiger partial charge in [0.1, 0.15) is 29.0 Å². The van der Waals surface area contributed by atoms with E-state index in [0.29, 0.717) is 66.5 Å². The Hall–Kier alpha value is -5.73. The SMILES string of the molecule is [2H]C([2H])([2H])N(c1ccnc(C#N)n1)C1CCN(Cc2ccc(-n3c(-c4cccnc4N)nc4ccc(-c5ccc(F)cc5)nc43)cc2)CC1. The first-order chi connectivity index (χ1) is 23.7. The molecule has 0 atom stereocenters. The highest BCUT2D eigenvalue weighted by atomic mass is 19.1. The molecule has 0 spiro atoms. The van der Waals surface area contributed by atoms with Crippen molar-refractivity contribution in [3.8, 4) is 34.4 Å². The molecule has 2 aromatic carbocycles. The van der Waals surface area contributed by atoms with Crippen LogP contribution in [0.25, 0.3) is 39.5 Å². The molecule has 6 aromatic rings. The molecule has 11 heteroatoms. The van der Waals surface area contributed by atoms with E-state index in [1.165, 1.54) is 29.3 Å². The first-order valence-electron chi connectivity index (χ1n) is 16.4. The summed E-state index contributed by atoms with van der Waals surface area (Å²) < 4.78 is 40.1. The van der Waals surface area contributed by atoms with Gasteiger partial charge < -0.3 is 10.6 Å². The van der Waals surface area contributed by atoms with E-state index in [4.69, 9.17) is 19.8 Å². The van der Waals surface area contributed by atoms with Crippen molar-refractivity contribution in [3.05, 3.63) is 108 Å². The number of imidazole rings is 1. The van der Waals surface area contributed by atoms with Gasteiger partial charge in [0.05, 0.1) is 11.3 Å². The fourth-order valence-electron chi connectivity index (χ4n) is 5.84. The number of pyridine rings is 2. The molecule has 7 rings (SSSR count). The second-order valence-corrected chi connectivity index (χ2v) is 11.1. The second kappa shape index (κ2) is 12.3. The van der Waals surface area contributed by atoms with Crippen LogP contribution < -0.4 is 10.6 Å². The number of fused-ring (bicyclic) bond motifs is 1. The molecule has 1 aliphatic rings. The minimum absolute atomic E-state index is 0.0588. The van der Waals surface area contributed by atoms with Gasteiger partial charge in [-0.15, -0.1) is 0 Å². The van der Waals surface area contributed by atoms with Gasteiger partial charge in [0.25, 0.3) is 0 Å². The molecule has 0 radical (unpaired) electrons. The fourth-order valence-corrected chi connectivity index (χ4v) is 5.84. The van der Waals surface area contributed by atoms with Crippen LogP contribution in [-0.4, -0.2) is 60.5 Å². The summed E-state index contributed by atoms with van der Waals surface area (Å²) in [6.07, 6.45) is 4.30. The average molecular weight is 614 g/mol. The van der Waals surface area contributed by atoms with Crippen molar-refractivity contribution in [2.24, 2.45) is 0 Å². The molecule has 1 saturated heterocycles. The summed E-state index contributed by atoms with van der Waals surface area (Å²) >= 11 is 0. The standard InChI is InChI=1S/C35H31FN10/c1-44(32-14-18-39-31(21-37)43-32)26-15-19-45(20-16-26)22-23-4-10-27(11-5-23)46-34(28-3-2-17-40-33(28)38)42-30-13-12-29(41-35(30)46)24-6-8-25(36)9-7-24/h2-14,17-18,26H,15-16,19-20,22H2,1H3,(H2,38,40)/i1D3. The quantitative estimate of drug-likeness (QED) is 0.244. The molecule has 5 heterocycles. The van der Waals surface area contributed by atoms with Crippen LogP contribution in [-0.2, 0) is 6.54 Å². The molecule has 1 aliphatic heterocycles. The Morgan fingerprint density at radius 1 is 0.957 bits per heavy atom. The fraction of sp³-hybridized carbons (Fsp3) is 0.200. The minimum atomic E-state index is -2.41. The van der Waals surface area contributed by atoms with E-state index in [-0.39, 0.29) is 23.5 Å². The molecule has 0 amide bonds. The van der Waals surface area contributed by atoms with Crippen molar-refractivity contribution < 1.29 is 8.50 Å². The lowest BCUT2D eigenvalue weighted by Crippen LogP contribution is -2.43. The number of piperidine rings is 1. The number of hydrogen-bond acceptors (Lipinski definition) is 9. The zero-order valence-corrected chi connectivity index (χ0v) is 24.8. The van der Waals surface area contributed by atoms with Gasteiger partial charge in [0.15, 0.2) is 11.5 Å². The highest BCUT2D eigenvalue weighted by Gasteiger charge is 2.24. The van der Waals surface area contributed by atoms with Crippen molar-refractivity contribution >= 4 is 22.8 Å². The third-order valence-corrected chi connectivity index (χ3v) is 8.23. The lowest BCUT2D eigenvalue weighted by molar-refractivity contribution is 0.203. The molecular weight excluding hydrogens is 579 g/mol. The van der Waals surface area contributed by atoms with E-state index >= 15 is 0 Å². The predicted molar refractivity (Wildman–Crippen MR) is 175 cm³/mol. The molecule has 10 nitrogen and oxygen atoms in total. The Labute approximate surface area is 269 Å². The van der Waals surface area contributed by atoms with E-state index in [1.54, 1.807) is 18.3 Å². The lowest BCUT2D eigenvalue weighted by atomic mass is 10.0. The number of rotatable bonds is 7. The first-order valence-corrected chi connectivity index (χ1v) is 14.9. The van der Waals surface area contributed by atoms with Crippen molar-refractivity contribution in [2.75, 3.05) is 30.7 Å². The predicted octanol–water partition coefficient (Wildman–Crippen LogP) is 5.63. The number of likely N-dealkylation sites (tertiary alicyclic amines) is 1. The van der Waals surface area contributed by atoms with Crippen LogP contribution in [0.1, 0.15) is 28.3 Å². The van der Waals surface area contributed by atoms with E-state index in [9.17, 15) is 9.65 Å². The number of anilines is 2. The summed E-state index contributed by atoms with van der Waals surface area (Å²) in [6.45, 7) is -0.328. The van der Waals surface area contributed by atoms with Gasteiger partial charge in [-0.1, -0.05) is 12.1 Å². The van der Waals surface area contributed by atoms with Crippen LogP contribution in [0.15, 0.2) is 91.3 Å². The van der Waals surface area contributed by atoms with Crippen LogP contribution in [0.2, 0.25) is 0 Å². The third kappa shape index (κ3) is 5.74. The zero-order chi connectivity index (χ0) is 34.1. The number of nitrogens with zero attached hydrogens (tertiary/aromatic N) is 9. The molecular formula is C35H31FN10. The maximum Gasteiger partial charge on any atom is 0.234 e. The highest BCUT2D eigenvalue weighted by molar-refractivity contribution is 5.84. The smallest absolute Gasteiger partial charge is 0.234 e. The van der Waals surface area contributed by atoms with Crippen LogP contribution >= 0.6 is 0 Å². The number of hydrogen-bond donors (Lipinski definition) is 1. The summed E-state index contributed by atoms with van der Waals surface area (Å²) in [6, 6.07) is 25.0. The van der Waals surface area contributed by atoms with Gasteiger partial charge in [-0.3, -0.25) is 9.47 Å². The van der Waals surface area contributed by atoms with Gasteiger partial charge in [-0.2, -0.15) is 5.26 Å². The molecule has 228 valence electrons. The molecule has 0 saturated carbocycles. The Balaban J connectivity index is 1.14. The summed E-state index contributed by atoms with van der Waals surface area (Å²) in [4.78, 5) is 25.8. The Kier molecular flexibility index (Phi) is 6.86. The Morgan fingerprint density at radius 2 is 1.76 bits per heavy atom. The largest absolute Gasteiger partial charge is 0.383 e. The number of nitrogen functional groups attached to an aromatic ring is 1. The van der Waals surface area contributed by atoms with Crippen molar-refractivity contribution in [3.63, 3.8) is 0 Å². The van der Waals surface area contributed by atoms with Crippen LogP contribution in [0.3, 0.4) is 0 Å². The topological polar surface area (TPSA) is 126 Å². The normalized spacial score (nSPS) is 15.2. The van der Waals surface area contributed by atoms with Gasteiger partial charge >= 0.3 is 0 Å². The molecule has 0 unspecified atom stereocenters. The number of benzene rings is 2. The molecule has 0 bridgehead atoms. The molecule has 2 N–H and O–H groups in total. The number of aromatic nitrogens is 6. The summed E-state index contributed by atoms with van der Waals surface area (Å²) in [5.74, 6) is 0.808. The summed E-state index contributed by atoms with van der Waals surface area (Å²) in [5.41, 5.74) is 11.7. The van der Waals surface area contributed by atoms with E-state index < -0.39 is 6.98 Å². The first kappa shape index (κ1) is 25.6. The van der Waals surface area contributed by atoms with E-state index in [2.05, 4.69) is 32.0 Å². The van der Waals surface area contributed by atoms with Gasteiger partial charge in [0.2, 0.25) is 5.82 Å². The van der Waals surface area contributed by atoms with E-state index in [1.807, 2.05) is 47.0 Å². The molecule has 4 aromatic heterocycles. The number of nitriles is 1. The maximum absolute atomic E-state index is 13.6. The van der Waals surface area contributed by atoms with Crippen molar-refractivity contribution in [2.45, 2.75) is 25.4 Å². The lowest BCUT2D eigenvalue weighted by Gasteiger charge is -2.37. The second-order valence-electron chi connectivity index (χ2n) is 11.1. The van der Waals surface area contributed by atoms with Gasteiger partial charge in [0, 0.05) is 60.4 Å². The maximum atomic E-state index is 13.6. The molecule has 46 heavy (non-hydrogen) atoms. The zero-order valence-electron chi connectivity index (χ0n) is 27.8. The number of nitrogens with two attached hydrogens (primary N) is 1. The highest BCUT2D eigenvalue weighted by Crippen LogP contribution is 2.32.